The highest BCUT2D eigenvalue weighted by Gasteiger charge is 2.23. The Labute approximate surface area is 110 Å². The van der Waals surface area contributed by atoms with Crippen molar-refractivity contribution in [2.75, 3.05) is 0 Å². The summed E-state index contributed by atoms with van der Waals surface area (Å²) in [6.45, 7) is 3.55. The van der Waals surface area contributed by atoms with Crippen molar-refractivity contribution in [3.63, 3.8) is 0 Å². The van der Waals surface area contributed by atoms with Crippen LogP contribution in [0.3, 0.4) is 0 Å². The molecule has 0 heterocycles. The molecule has 0 radical (unpaired) electrons. The van der Waals surface area contributed by atoms with Gasteiger partial charge in [0.05, 0.1) is 6.42 Å². The summed E-state index contributed by atoms with van der Waals surface area (Å²) in [5.74, 6) is -2.52. The van der Waals surface area contributed by atoms with Crippen LogP contribution in [0.15, 0.2) is 18.2 Å². The molecule has 0 aliphatic rings. The van der Waals surface area contributed by atoms with Crippen molar-refractivity contribution in [2.24, 2.45) is 5.92 Å². The van der Waals surface area contributed by atoms with Gasteiger partial charge in [0.1, 0.15) is 17.1 Å². The maximum absolute atomic E-state index is 12.0. The van der Waals surface area contributed by atoms with E-state index in [-0.39, 0.29) is 29.4 Å². The Hall–Kier alpha value is -2.24. The molecule has 0 bridgehead atoms. The van der Waals surface area contributed by atoms with Gasteiger partial charge in [0.2, 0.25) is 0 Å². The summed E-state index contributed by atoms with van der Waals surface area (Å²) in [4.78, 5) is 22.7. The molecule has 4 N–H and O–H groups in total. The Morgan fingerprint density at radius 2 is 1.74 bits per heavy atom. The maximum Gasteiger partial charge on any atom is 0.305 e. The number of aromatic hydroxyl groups is 2. The fourth-order valence-corrected chi connectivity index (χ4v) is 1.64. The van der Waals surface area contributed by atoms with Crippen molar-refractivity contribution >= 4 is 11.9 Å². The predicted molar refractivity (Wildman–Crippen MR) is 68.1 cm³/mol. The molecule has 0 spiro atoms. The van der Waals surface area contributed by atoms with E-state index >= 15 is 0 Å². The number of phenolic OH excluding ortho intramolecular Hbond substituents is 2. The summed E-state index contributed by atoms with van der Waals surface area (Å²) in [5, 5.41) is 30.4. The zero-order valence-corrected chi connectivity index (χ0v) is 10.8. The lowest BCUT2D eigenvalue weighted by molar-refractivity contribution is -0.137. The first kappa shape index (κ1) is 14.8. The van der Waals surface area contributed by atoms with Gasteiger partial charge in [-0.3, -0.25) is 9.59 Å². The van der Waals surface area contributed by atoms with E-state index in [1.54, 1.807) is 13.8 Å². The third-order valence-electron chi connectivity index (χ3n) is 2.76. The minimum absolute atomic E-state index is 0.0898. The zero-order chi connectivity index (χ0) is 14.6. The van der Waals surface area contributed by atoms with Crippen LogP contribution in [0.1, 0.15) is 30.6 Å². The van der Waals surface area contributed by atoms with Crippen LogP contribution >= 0.6 is 0 Å². The normalized spacial score (nSPS) is 12.2. The summed E-state index contributed by atoms with van der Waals surface area (Å²) in [6, 6.07) is 3.37. The van der Waals surface area contributed by atoms with Crippen LogP contribution in [0, 0.1) is 5.92 Å². The van der Waals surface area contributed by atoms with E-state index in [9.17, 15) is 19.8 Å². The highest BCUT2D eigenvalue weighted by Crippen LogP contribution is 2.26. The third-order valence-corrected chi connectivity index (χ3v) is 2.76. The van der Waals surface area contributed by atoms with Gasteiger partial charge in [-0.15, -0.1) is 0 Å². The summed E-state index contributed by atoms with van der Waals surface area (Å²) in [5.41, 5.74) is -0.251. The molecule has 1 atom stereocenters. The summed E-state index contributed by atoms with van der Waals surface area (Å²) < 4.78 is 0. The number of carboxylic acids is 1. The number of hydrogen-bond acceptors (Lipinski definition) is 4. The number of nitrogens with one attached hydrogen (secondary N) is 1. The highest BCUT2D eigenvalue weighted by molar-refractivity contribution is 5.99. The molecule has 1 amide bonds. The Balaban J connectivity index is 2.91. The van der Waals surface area contributed by atoms with Gasteiger partial charge in [0.25, 0.3) is 5.91 Å². The number of rotatable bonds is 5. The molecule has 1 unspecified atom stereocenters. The highest BCUT2D eigenvalue weighted by atomic mass is 16.4. The Morgan fingerprint density at radius 1 is 1.21 bits per heavy atom. The van der Waals surface area contributed by atoms with Crippen LogP contribution in [0.4, 0.5) is 0 Å². The summed E-state index contributed by atoms with van der Waals surface area (Å²) >= 11 is 0. The number of carbonyl (C=O) groups is 2. The van der Waals surface area contributed by atoms with Gasteiger partial charge in [-0.25, -0.2) is 0 Å². The minimum Gasteiger partial charge on any atom is -0.507 e. The van der Waals surface area contributed by atoms with E-state index in [2.05, 4.69) is 5.32 Å². The lowest BCUT2D eigenvalue weighted by atomic mass is 10.00. The molecule has 0 fully saturated rings. The molecule has 19 heavy (non-hydrogen) atoms. The van der Waals surface area contributed by atoms with Gasteiger partial charge >= 0.3 is 5.97 Å². The first-order valence-electron chi connectivity index (χ1n) is 5.86. The second-order valence-electron chi connectivity index (χ2n) is 4.59. The Kier molecular flexibility index (Phi) is 4.74. The number of phenols is 2. The molecule has 1 rings (SSSR count). The molecule has 1 aromatic rings. The van der Waals surface area contributed by atoms with E-state index in [1.807, 2.05) is 0 Å². The molecule has 0 aliphatic carbocycles. The van der Waals surface area contributed by atoms with Crippen LogP contribution < -0.4 is 5.32 Å². The van der Waals surface area contributed by atoms with Crippen LogP contribution in [-0.4, -0.2) is 33.2 Å². The minimum atomic E-state index is -1.03. The van der Waals surface area contributed by atoms with Gasteiger partial charge in [0.15, 0.2) is 0 Å². The number of amides is 1. The molecular formula is C13H17NO5. The van der Waals surface area contributed by atoms with Crippen molar-refractivity contribution in [1.29, 1.82) is 0 Å². The van der Waals surface area contributed by atoms with E-state index in [0.717, 1.165) is 0 Å². The molecule has 104 valence electrons. The lowest BCUT2D eigenvalue weighted by Gasteiger charge is -2.21. The summed E-state index contributed by atoms with van der Waals surface area (Å²) in [7, 11) is 0. The molecule has 6 nitrogen and oxygen atoms in total. The average Bonchev–Trinajstić information content (AvgIpc) is 2.27. The number of benzene rings is 1. The van der Waals surface area contributed by atoms with Crippen molar-refractivity contribution in [1.82, 2.24) is 5.32 Å². The van der Waals surface area contributed by atoms with E-state index < -0.39 is 17.9 Å². The second-order valence-corrected chi connectivity index (χ2v) is 4.59. The SMILES string of the molecule is CC(C)C(CC(=O)O)NC(=O)c1c(O)cccc1O. The average molecular weight is 267 g/mol. The van der Waals surface area contributed by atoms with Crippen LogP contribution in [0.5, 0.6) is 11.5 Å². The molecule has 0 aromatic heterocycles. The van der Waals surface area contributed by atoms with Crippen LogP contribution in [0.25, 0.3) is 0 Å². The van der Waals surface area contributed by atoms with Crippen LogP contribution in [-0.2, 0) is 4.79 Å². The molecule has 1 aromatic carbocycles. The monoisotopic (exact) mass is 267 g/mol. The molecule has 6 heteroatoms. The molecular weight excluding hydrogens is 250 g/mol. The fourth-order valence-electron chi connectivity index (χ4n) is 1.64. The lowest BCUT2D eigenvalue weighted by Crippen LogP contribution is -2.40. The standard InChI is InChI=1S/C13H17NO5/c1-7(2)8(6-11(17)18)14-13(19)12-9(15)4-3-5-10(12)16/h3-5,7-8,15-16H,6H2,1-2H3,(H,14,19)(H,17,18). The molecule has 0 aliphatic heterocycles. The number of aliphatic carboxylic acids is 1. The predicted octanol–water partition coefficient (Wildman–Crippen LogP) is 1.33. The number of carboxylic acid groups (broad SMARTS) is 1. The topological polar surface area (TPSA) is 107 Å². The van der Waals surface area contributed by atoms with Crippen molar-refractivity contribution < 1.29 is 24.9 Å². The largest absolute Gasteiger partial charge is 0.507 e. The van der Waals surface area contributed by atoms with Gasteiger partial charge < -0.3 is 20.6 Å². The van der Waals surface area contributed by atoms with Gasteiger partial charge in [0, 0.05) is 6.04 Å². The summed E-state index contributed by atoms with van der Waals surface area (Å²) in [6.07, 6.45) is -0.224. The van der Waals surface area contributed by atoms with E-state index in [0.29, 0.717) is 0 Å². The molecule has 0 saturated heterocycles. The first-order chi connectivity index (χ1) is 8.82. The van der Waals surface area contributed by atoms with Crippen molar-refractivity contribution in [2.45, 2.75) is 26.3 Å². The fraction of sp³-hybridized carbons (Fsp3) is 0.385. The quantitative estimate of drug-likeness (QED) is 0.643. The van der Waals surface area contributed by atoms with E-state index in [4.69, 9.17) is 5.11 Å². The smallest absolute Gasteiger partial charge is 0.305 e. The second kappa shape index (κ2) is 6.08. The Bertz CT molecular complexity index is 464. The molecule has 0 saturated carbocycles. The zero-order valence-electron chi connectivity index (χ0n) is 10.8. The van der Waals surface area contributed by atoms with Gasteiger partial charge in [-0.2, -0.15) is 0 Å². The van der Waals surface area contributed by atoms with Crippen molar-refractivity contribution in [3.05, 3.63) is 23.8 Å². The van der Waals surface area contributed by atoms with Gasteiger partial charge in [-0.1, -0.05) is 19.9 Å². The number of carbonyl (C=O) groups excluding carboxylic acids is 1. The maximum atomic E-state index is 12.0. The van der Waals surface area contributed by atoms with Crippen LogP contribution in [0.2, 0.25) is 0 Å². The van der Waals surface area contributed by atoms with E-state index in [1.165, 1.54) is 18.2 Å². The first-order valence-corrected chi connectivity index (χ1v) is 5.86. The van der Waals surface area contributed by atoms with Gasteiger partial charge in [-0.05, 0) is 18.1 Å². The number of hydrogen-bond donors (Lipinski definition) is 4. The van der Waals surface area contributed by atoms with Crippen molar-refractivity contribution in [3.8, 4) is 11.5 Å². The Morgan fingerprint density at radius 3 is 2.16 bits per heavy atom. The third kappa shape index (κ3) is 3.87.